The van der Waals surface area contributed by atoms with Gasteiger partial charge in [0.1, 0.15) is 11.2 Å². The van der Waals surface area contributed by atoms with E-state index in [1.165, 1.54) is 32.0 Å². The van der Waals surface area contributed by atoms with E-state index in [0.29, 0.717) is 6.04 Å². The van der Waals surface area contributed by atoms with E-state index in [1.807, 2.05) is 0 Å². The molecule has 0 unspecified atom stereocenters. The quantitative estimate of drug-likeness (QED) is 0.405. The van der Waals surface area contributed by atoms with Crippen LogP contribution in [0.1, 0.15) is 46.4 Å². The molecule has 4 nitrogen and oxygen atoms in total. The Labute approximate surface area is 185 Å². The number of thiophene rings is 1. The van der Waals surface area contributed by atoms with Gasteiger partial charge in [-0.15, -0.1) is 11.3 Å². The van der Waals surface area contributed by atoms with Crippen molar-refractivity contribution in [3.05, 3.63) is 76.2 Å². The van der Waals surface area contributed by atoms with Gasteiger partial charge in [-0.25, -0.2) is 0 Å². The number of carbonyl (C=O) groups is 1. The Morgan fingerprint density at radius 3 is 2.35 bits per heavy atom. The third kappa shape index (κ3) is 2.95. The van der Waals surface area contributed by atoms with Crippen LogP contribution in [-0.4, -0.2) is 23.4 Å². The highest BCUT2D eigenvalue weighted by atomic mass is 32.1. The van der Waals surface area contributed by atoms with Crippen LogP contribution >= 0.6 is 11.3 Å². The monoisotopic (exact) mass is 427 g/mol. The largest absolute Gasteiger partial charge is 0.353 e. The summed E-state index contributed by atoms with van der Waals surface area (Å²) in [6, 6.07) is 19.6. The molecule has 1 aromatic heterocycles. The van der Waals surface area contributed by atoms with Crippen LogP contribution in [0.25, 0.3) is 21.5 Å². The minimum absolute atomic E-state index is 0.0475. The molecule has 0 aliphatic carbocycles. The van der Waals surface area contributed by atoms with E-state index >= 15 is 0 Å². The fourth-order valence-corrected chi connectivity index (χ4v) is 6.38. The molecule has 1 amide bonds. The highest BCUT2D eigenvalue weighted by Gasteiger charge is 2.34. The molecule has 0 saturated heterocycles. The Morgan fingerprint density at radius 2 is 1.68 bits per heavy atom. The van der Waals surface area contributed by atoms with E-state index in [1.54, 1.807) is 11.3 Å². The van der Waals surface area contributed by atoms with Crippen molar-refractivity contribution >= 4 is 43.8 Å². The first kappa shape index (κ1) is 18.8. The predicted octanol–water partition coefficient (Wildman–Crippen LogP) is 5.68. The van der Waals surface area contributed by atoms with E-state index in [0.717, 1.165) is 35.6 Å². The molecule has 2 N–H and O–H groups in total. The number of fused-ring (bicyclic) bond motifs is 5. The van der Waals surface area contributed by atoms with Crippen LogP contribution in [-0.2, 0) is 13.0 Å². The zero-order chi connectivity index (χ0) is 21.1. The average Bonchev–Trinajstić information content (AvgIpc) is 3.15. The fraction of sp³-hybridized carbons (Fsp3) is 0.269. The third-order valence-electron chi connectivity index (χ3n) is 6.70. The van der Waals surface area contributed by atoms with Gasteiger partial charge in [0.25, 0.3) is 5.91 Å². The summed E-state index contributed by atoms with van der Waals surface area (Å²) < 4.78 is 0. The number of anilines is 1. The molecule has 0 bridgehead atoms. The van der Waals surface area contributed by atoms with Crippen LogP contribution in [0.3, 0.4) is 0 Å². The molecule has 31 heavy (non-hydrogen) atoms. The second kappa shape index (κ2) is 7.08. The van der Waals surface area contributed by atoms with Gasteiger partial charge in [0.15, 0.2) is 0 Å². The SMILES string of the molecule is CC(C)N1CCc2c(sc3c2C(=O)N[C@@H](c2c4ccccc4cc4ccccc24)N3)C1. The summed E-state index contributed by atoms with van der Waals surface area (Å²) in [5.74, 6) is 0.0475. The lowest BCUT2D eigenvalue weighted by Crippen LogP contribution is -2.39. The molecule has 3 heterocycles. The normalized spacial score (nSPS) is 18.7. The van der Waals surface area contributed by atoms with E-state index in [2.05, 4.69) is 84.0 Å². The molecule has 2 aliphatic rings. The standard InChI is InChI=1S/C26H25N3OS/c1-15(2)29-12-11-20-21(14-29)31-26-23(20)25(30)27-24(28-26)22-18-9-5-3-7-16(18)13-17-8-4-6-10-19(17)22/h3-10,13,15,24,28H,11-12,14H2,1-2H3,(H,27,30)/t24-/m1/s1. The topological polar surface area (TPSA) is 44.4 Å². The van der Waals surface area contributed by atoms with E-state index in [9.17, 15) is 4.79 Å². The number of nitrogens with zero attached hydrogens (tertiary/aromatic N) is 1. The number of nitrogens with one attached hydrogen (secondary N) is 2. The molecule has 0 fully saturated rings. The molecule has 6 rings (SSSR count). The maximum Gasteiger partial charge on any atom is 0.256 e. The van der Waals surface area contributed by atoms with Crippen molar-refractivity contribution < 1.29 is 4.79 Å². The maximum absolute atomic E-state index is 13.3. The lowest BCUT2D eigenvalue weighted by atomic mass is 9.93. The number of hydrogen-bond acceptors (Lipinski definition) is 4. The highest BCUT2D eigenvalue weighted by molar-refractivity contribution is 7.16. The van der Waals surface area contributed by atoms with Crippen molar-refractivity contribution in [2.24, 2.45) is 0 Å². The van der Waals surface area contributed by atoms with Gasteiger partial charge in [-0.1, -0.05) is 48.5 Å². The minimum Gasteiger partial charge on any atom is -0.353 e. The molecule has 4 aromatic rings. The number of benzene rings is 3. The summed E-state index contributed by atoms with van der Waals surface area (Å²) in [6.07, 6.45) is 0.688. The Hall–Kier alpha value is -2.89. The van der Waals surface area contributed by atoms with E-state index < -0.39 is 0 Å². The van der Waals surface area contributed by atoms with Crippen molar-refractivity contribution in [3.8, 4) is 0 Å². The number of carbonyl (C=O) groups excluding carboxylic acids is 1. The Kier molecular flexibility index (Phi) is 4.30. The van der Waals surface area contributed by atoms with Crippen LogP contribution in [0.4, 0.5) is 5.00 Å². The maximum atomic E-state index is 13.3. The fourth-order valence-electron chi connectivity index (χ4n) is 5.08. The van der Waals surface area contributed by atoms with Crippen molar-refractivity contribution in [3.63, 3.8) is 0 Å². The Bertz CT molecular complexity index is 1290. The predicted molar refractivity (Wildman–Crippen MR) is 129 cm³/mol. The zero-order valence-corrected chi connectivity index (χ0v) is 18.6. The lowest BCUT2D eigenvalue weighted by Gasteiger charge is -2.31. The lowest BCUT2D eigenvalue weighted by molar-refractivity contribution is 0.0935. The first-order valence-corrected chi connectivity index (χ1v) is 11.8. The molecule has 0 saturated carbocycles. The van der Waals surface area contributed by atoms with Gasteiger partial charge in [-0.3, -0.25) is 9.69 Å². The van der Waals surface area contributed by atoms with Crippen LogP contribution in [0, 0.1) is 0 Å². The van der Waals surface area contributed by atoms with Crippen molar-refractivity contribution in [2.45, 2.75) is 39.0 Å². The molecule has 3 aromatic carbocycles. The summed E-state index contributed by atoms with van der Waals surface area (Å²) in [5, 5.41) is 12.7. The Morgan fingerprint density at radius 1 is 1.00 bits per heavy atom. The summed E-state index contributed by atoms with van der Waals surface area (Å²) in [5.41, 5.74) is 3.25. The summed E-state index contributed by atoms with van der Waals surface area (Å²) >= 11 is 1.76. The molecule has 1 atom stereocenters. The molecular weight excluding hydrogens is 402 g/mol. The van der Waals surface area contributed by atoms with E-state index in [-0.39, 0.29) is 12.1 Å². The minimum atomic E-state index is -0.252. The molecule has 156 valence electrons. The van der Waals surface area contributed by atoms with Gasteiger partial charge in [0.2, 0.25) is 0 Å². The molecule has 0 radical (unpaired) electrons. The first-order valence-electron chi connectivity index (χ1n) is 11.0. The van der Waals surface area contributed by atoms with Crippen LogP contribution in [0.5, 0.6) is 0 Å². The zero-order valence-electron chi connectivity index (χ0n) is 17.7. The first-order chi connectivity index (χ1) is 15.1. The van der Waals surface area contributed by atoms with Gasteiger partial charge in [-0.05, 0) is 53.4 Å². The van der Waals surface area contributed by atoms with Crippen LogP contribution in [0.2, 0.25) is 0 Å². The smallest absolute Gasteiger partial charge is 0.256 e. The van der Waals surface area contributed by atoms with E-state index in [4.69, 9.17) is 0 Å². The van der Waals surface area contributed by atoms with Crippen LogP contribution < -0.4 is 10.6 Å². The third-order valence-corrected chi connectivity index (χ3v) is 7.84. The van der Waals surface area contributed by atoms with Crippen LogP contribution in [0.15, 0.2) is 54.6 Å². The number of rotatable bonds is 2. The highest BCUT2D eigenvalue weighted by Crippen LogP contribution is 2.43. The second-order valence-corrected chi connectivity index (χ2v) is 9.91. The van der Waals surface area contributed by atoms with Gasteiger partial charge < -0.3 is 10.6 Å². The number of hydrogen-bond donors (Lipinski definition) is 2. The van der Waals surface area contributed by atoms with Crippen molar-refractivity contribution in [1.29, 1.82) is 0 Å². The molecular formula is C26H25N3OS. The molecule has 2 aliphatic heterocycles. The number of amides is 1. The summed E-state index contributed by atoms with van der Waals surface area (Å²) in [7, 11) is 0. The molecule has 5 heteroatoms. The van der Waals surface area contributed by atoms with Gasteiger partial charge in [-0.2, -0.15) is 0 Å². The summed E-state index contributed by atoms with van der Waals surface area (Å²) in [4.78, 5) is 17.1. The van der Waals surface area contributed by atoms with Gasteiger partial charge in [0, 0.05) is 29.6 Å². The summed E-state index contributed by atoms with van der Waals surface area (Å²) in [6.45, 7) is 6.43. The van der Waals surface area contributed by atoms with Gasteiger partial charge in [0.05, 0.1) is 5.56 Å². The Balaban J connectivity index is 1.48. The van der Waals surface area contributed by atoms with Crippen molar-refractivity contribution in [2.75, 3.05) is 11.9 Å². The average molecular weight is 428 g/mol. The molecule has 0 spiro atoms. The van der Waals surface area contributed by atoms with Crippen molar-refractivity contribution in [1.82, 2.24) is 10.2 Å². The van der Waals surface area contributed by atoms with Gasteiger partial charge >= 0.3 is 0 Å². The second-order valence-electron chi connectivity index (χ2n) is 8.81.